The van der Waals surface area contributed by atoms with Crippen molar-refractivity contribution in [2.24, 2.45) is 5.92 Å². The summed E-state index contributed by atoms with van der Waals surface area (Å²) in [6, 6.07) is 11.1. The van der Waals surface area contributed by atoms with Crippen molar-refractivity contribution in [3.8, 4) is 5.75 Å². The van der Waals surface area contributed by atoms with E-state index in [9.17, 15) is 0 Å². The zero-order valence-electron chi connectivity index (χ0n) is 13.6. The van der Waals surface area contributed by atoms with Crippen LogP contribution in [0.25, 0.3) is 0 Å². The molecule has 0 spiro atoms. The molecule has 0 radical (unpaired) electrons. The number of ether oxygens (including phenoxy) is 2. The highest BCUT2D eigenvalue weighted by molar-refractivity contribution is 6.30. The van der Waals surface area contributed by atoms with Crippen LogP contribution in [0.1, 0.15) is 38.2 Å². The van der Waals surface area contributed by atoms with E-state index >= 15 is 0 Å². The first-order valence-corrected chi connectivity index (χ1v) is 7.87. The van der Waals surface area contributed by atoms with E-state index in [1.54, 1.807) is 6.07 Å². The number of hydrogen-bond donors (Lipinski definition) is 1. The van der Waals surface area contributed by atoms with Crippen LogP contribution in [0.2, 0.25) is 5.02 Å². The highest BCUT2D eigenvalue weighted by Gasteiger charge is 2.10. The summed E-state index contributed by atoms with van der Waals surface area (Å²) in [7, 11) is 1.46. The van der Waals surface area contributed by atoms with Crippen LogP contribution in [0.4, 0.5) is 0 Å². The van der Waals surface area contributed by atoms with E-state index in [2.05, 4.69) is 18.8 Å². The molecule has 0 fully saturated rings. The summed E-state index contributed by atoms with van der Waals surface area (Å²) in [5.41, 5.74) is 2.32. The Labute approximate surface area is 149 Å². The van der Waals surface area contributed by atoms with Crippen molar-refractivity contribution >= 4 is 17.5 Å². The van der Waals surface area contributed by atoms with Gasteiger partial charge in [0.05, 0.1) is 13.7 Å². The molecule has 0 aliphatic carbocycles. The monoisotopic (exact) mass is 348 g/mol. The standard InChI is InChI=1S/C18H21ClN2O2.CH4/c1-12(2)11-23-17-8-7-14(19)9-13(17)10-15-5-4-6-16(21-15)18(20)22-3;/h4-9,12,20H,10-11H2,1-3H3;1H4. The predicted molar refractivity (Wildman–Crippen MR) is 99.4 cm³/mol. The van der Waals surface area contributed by atoms with Gasteiger partial charge in [-0.15, -0.1) is 0 Å². The molecule has 0 saturated carbocycles. The zero-order valence-corrected chi connectivity index (χ0v) is 14.4. The molecule has 0 unspecified atom stereocenters. The normalized spacial score (nSPS) is 10.2. The lowest BCUT2D eigenvalue weighted by Gasteiger charge is -2.14. The lowest BCUT2D eigenvalue weighted by atomic mass is 10.1. The second-order valence-electron chi connectivity index (χ2n) is 5.68. The van der Waals surface area contributed by atoms with Gasteiger partial charge in [0, 0.05) is 22.7 Å². The summed E-state index contributed by atoms with van der Waals surface area (Å²) in [6.45, 7) is 4.87. The summed E-state index contributed by atoms with van der Waals surface area (Å²) in [5.74, 6) is 1.31. The fourth-order valence-corrected chi connectivity index (χ4v) is 2.28. The number of benzene rings is 1. The van der Waals surface area contributed by atoms with E-state index in [0.29, 0.717) is 29.7 Å². The molecule has 0 bridgehead atoms. The third-order valence-corrected chi connectivity index (χ3v) is 3.44. The fraction of sp³-hybridized carbons (Fsp3) is 0.368. The topological polar surface area (TPSA) is 55.2 Å². The van der Waals surface area contributed by atoms with Crippen LogP contribution in [-0.4, -0.2) is 24.6 Å². The number of nitrogens with zero attached hydrogens (tertiary/aromatic N) is 1. The molecule has 1 N–H and O–H groups in total. The number of pyridine rings is 1. The minimum atomic E-state index is 0. The minimum Gasteiger partial charge on any atom is -0.493 e. The maximum absolute atomic E-state index is 7.71. The van der Waals surface area contributed by atoms with Gasteiger partial charge in [-0.25, -0.2) is 4.98 Å². The predicted octanol–water partition coefficient (Wildman–Crippen LogP) is 4.97. The first-order valence-electron chi connectivity index (χ1n) is 7.49. The smallest absolute Gasteiger partial charge is 0.232 e. The van der Waals surface area contributed by atoms with Gasteiger partial charge in [0.25, 0.3) is 0 Å². The van der Waals surface area contributed by atoms with Crippen LogP contribution in [0, 0.1) is 11.3 Å². The first-order chi connectivity index (χ1) is 11.0. The van der Waals surface area contributed by atoms with E-state index in [1.807, 2.05) is 30.3 Å². The Balaban J connectivity index is 0.00000288. The molecule has 0 aliphatic heterocycles. The molecular formula is C19H25ClN2O2. The third kappa shape index (κ3) is 5.53. The molecular weight excluding hydrogens is 324 g/mol. The van der Waals surface area contributed by atoms with Crippen LogP contribution in [0.5, 0.6) is 5.75 Å². The van der Waals surface area contributed by atoms with E-state index in [1.165, 1.54) is 7.11 Å². The second kappa shape index (κ2) is 9.28. The summed E-state index contributed by atoms with van der Waals surface area (Å²) in [4.78, 5) is 4.46. The molecule has 0 amide bonds. The van der Waals surface area contributed by atoms with E-state index in [-0.39, 0.29) is 13.3 Å². The van der Waals surface area contributed by atoms with Crippen LogP contribution in [-0.2, 0) is 11.2 Å². The number of halogens is 1. The summed E-state index contributed by atoms with van der Waals surface area (Å²) < 4.78 is 10.8. The van der Waals surface area contributed by atoms with Crippen LogP contribution < -0.4 is 4.74 Å². The average Bonchev–Trinajstić information content (AvgIpc) is 2.53. The molecule has 1 heterocycles. The van der Waals surface area contributed by atoms with Crippen molar-refractivity contribution in [2.45, 2.75) is 27.7 Å². The van der Waals surface area contributed by atoms with Crippen molar-refractivity contribution in [3.63, 3.8) is 0 Å². The molecule has 24 heavy (non-hydrogen) atoms. The molecule has 0 atom stereocenters. The number of rotatable bonds is 6. The molecule has 2 rings (SSSR count). The molecule has 0 aliphatic rings. The lowest BCUT2D eigenvalue weighted by Crippen LogP contribution is -2.08. The second-order valence-corrected chi connectivity index (χ2v) is 6.12. The zero-order chi connectivity index (χ0) is 16.8. The van der Waals surface area contributed by atoms with Crippen LogP contribution in [0.15, 0.2) is 36.4 Å². The number of aromatic nitrogens is 1. The third-order valence-electron chi connectivity index (χ3n) is 3.21. The van der Waals surface area contributed by atoms with Crippen molar-refractivity contribution in [1.82, 2.24) is 4.98 Å². The SMILES string of the molecule is C.COC(=N)c1cccc(Cc2cc(Cl)ccc2OCC(C)C)n1. The molecule has 1 aromatic heterocycles. The Kier molecular flexibility index (Phi) is 7.72. The quantitative estimate of drug-likeness (QED) is 0.592. The van der Waals surface area contributed by atoms with E-state index in [0.717, 1.165) is 17.0 Å². The average molecular weight is 349 g/mol. The van der Waals surface area contributed by atoms with Crippen molar-refractivity contribution < 1.29 is 9.47 Å². The first kappa shape index (κ1) is 20.0. The molecule has 130 valence electrons. The lowest BCUT2D eigenvalue weighted by molar-refractivity contribution is 0.269. The van der Waals surface area contributed by atoms with Crippen molar-refractivity contribution in [2.75, 3.05) is 13.7 Å². The largest absolute Gasteiger partial charge is 0.493 e. The Morgan fingerprint density at radius 3 is 2.67 bits per heavy atom. The molecule has 2 aromatic rings. The van der Waals surface area contributed by atoms with Gasteiger partial charge in [-0.05, 0) is 36.2 Å². The molecule has 0 saturated heterocycles. The summed E-state index contributed by atoms with van der Waals surface area (Å²) in [5, 5.41) is 8.38. The molecule has 1 aromatic carbocycles. The van der Waals surface area contributed by atoms with Crippen LogP contribution in [0.3, 0.4) is 0 Å². The van der Waals surface area contributed by atoms with Crippen LogP contribution >= 0.6 is 11.6 Å². The Morgan fingerprint density at radius 1 is 1.25 bits per heavy atom. The van der Waals surface area contributed by atoms with Gasteiger partial charge in [-0.1, -0.05) is 38.9 Å². The maximum Gasteiger partial charge on any atom is 0.232 e. The number of methoxy groups -OCH3 is 1. The molecule has 4 nitrogen and oxygen atoms in total. The van der Waals surface area contributed by atoms with Gasteiger partial charge in [0.15, 0.2) is 0 Å². The van der Waals surface area contributed by atoms with Crippen molar-refractivity contribution in [3.05, 3.63) is 58.4 Å². The van der Waals surface area contributed by atoms with Gasteiger partial charge < -0.3 is 9.47 Å². The Morgan fingerprint density at radius 2 is 2.00 bits per heavy atom. The Bertz CT molecular complexity index is 687. The highest BCUT2D eigenvalue weighted by atomic mass is 35.5. The van der Waals surface area contributed by atoms with E-state index < -0.39 is 0 Å². The van der Waals surface area contributed by atoms with Gasteiger partial charge in [-0.3, -0.25) is 5.41 Å². The summed E-state index contributed by atoms with van der Waals surface area (Å²) >= 11 is 6.12. The van der Waals surface area contributed by atoms with E-state index in [4.69, 9.17) is 26.5 Å². The highest BCUT2D eigenvalue weighted by Crippen LogP contribution is 2.25. The Hall–Kier alpha value is -2.07. The van der Waals surface area contributed by atoms with Gasteiger partial charge in [0.1, 0.15) is 11.4 Å². The molecule has 5 heteroatoms. The van der Waals surface area contributed by atoms with Crippen molar-refractivity contribution in [1.29, 1.82) is 5.41 Å². The number of hydrogen-bond acceptors (Lipinski definition) is 4. The maximum atomic E-state index is 7.71. The van der Waals surface area contributed by atoms with Gasteiger partial charge in [0.2, 0.25) is 5.90 Å². The summed E-state index contributed by atoms with van der Waals surface area (Å²) in [6.07, 6.45) is 0.582. The minimum absolute atomic E-state index is 0. The fourth-order valence-electron chi connectivity index (χ4n) is 2.09. The van der Waals surface area contributed by atoms with Gasteiger partial charge >= 0.3 is 0 Å². The van der Waals surface area contributed by atoms with Gasteiger partial charge in [-0.2, -0.15) is 0 Å². The number of nitrogens with one attached hydrogen (secondary N) is 1.